The summed E-state index contributed by atoms with van der Waals surface area (Å²) in [5, 5.41) is 19.5. The van der Waals surface area contributed by atoms with E-state index in [0.29, 0.717) is 22.2 Å². The predicted molar refractivity (Wildman–Crippen MR) is 109 cm³/mol. The van der Waals surface area contributed by atoms with Gasteiger partial charge in [-0.1, -0.05) is 12.1 Å². The molecular formula is C20H15N7OS. The Kier molecular flexibility index (Phi) is 3.82. The van der Waals surface area contributed by atoms with Crippen molar-refractivity contribution >= 4 is 28.4 Å². The molecule has 0 aliphatic carbocycles. The van der Waals surface area contributed by atoms with Crippen LogP contribution in [0.25, 0.3) is 28.1 Å². The number of rotatable bonds is 3. The van der Waals surface area contributed by atoms with Crippen LogP contribution in [0.1, 0.15) is 16.9 Å². The quantitative estimate of drug-likeness (QED) is 0.459. The van der Waals surface area contributed by atoms with Crippen molar-refractivity contribution in [1.29, 1.82) is 5.26 Å². The smallest absolute Gasteiger partial charge is 0.216 e. The third-order valence-electron chi connectivity index (χ3n) is 4.81. The molecule has 0 amide bonds. The Balaban J connectivity index is 1.70. The number of nitrogens with two attached hydrogens (primary N) is 1. The van der Waals surface area contributed by atoms with Gasteiger partial charge < -0.3 is 10.3 Å². The van der Waals surface area contributed by atoms with Crippen molar-refractivity contribution in [3.05, 3.63) is 59.5 Å². The van der Waals surface area contributed by atoms with Crippen molar-refractivity contribution in [1.82, 2.24) is 24.3 Å². The zero-order chi connectivity index (χ0) is 20.1. The van der Waals surface area contributed by atoms with Crippen molar-refractivity contribution in [2.75, 3.05) is 5.84 Å². The van der Waals surface area contributed by atoms with Gasteiger partial charge in [-0.3, -0.25) is 4.40 Å². The number of imidazole rings is 1. The van der Waals surface area contributed by atoms with E-state index in [2.05, 4.69) is 21.3 Å². The van der Waals surface area contributed by atoms with E-state index in [9.17, 15) is 5.26 Å². The number of furan rings is 1. The minimum atomic E-state index is 0.517. The minimum absolute atomic E-state index is 0.517. The van der Waals surface area contributed by atoms with E-state index in [0.717, 1.165) is 32.9 Å². The molecule has 0 aliphatic rings. The lowest BCUT2D eigenvalue weighted by Crippen LogP contribution is -2.12. The zero-order valence-electron chi connectivity index (χ0n) is 15.6. The van der Waals surface area contributed by atoms with E-state index in [1.54, 1.807) is 6.26 Å². The highest BCUT2D eigenvalue weighted by Crippen LogP contribution is 2.33. The first-order chi connectivity index (χ1) is 14.1. The van der Waals surface area contributed by atoms with E-state index in [1.807, 2.05) is 54.6 Å². The van der Waals surface area contributed by atoms with Crippen LogP contribution in [0.5, 0.6) is 0 Å². The van der Waals surface area contributed by atoms with Gasteiger partial charge in [0.2, 0.25) is 5.16 Å². The molecule has 0 fully saturated rings. The van der Waals surface area contributed by atoms with Gasteiger partial charge in [0.1, 0.15) is 11.8 Å². The lowest BCUT2D eigenvalue weighted by atomic mass is 10.2. The average molecular weight is 401 g/mol. The summed E-state index contributed by atoms with van der Waals surface area (Å²) in [5.74, 6) is 7.53. The van der Waals surface area contributed by atoms with Gasteiger partial charge in [0.05, 0.1) is 33.4 Å². The topological polar surface area (TPSA) is 111 Å². The number of nitrogens with zero attached hydrogens (tertiary/aromatic N) is 6. The second-order valence-electron chi connectivity index (χ2n) is 6.58. The number of benzene rings is 1. The number of hydrogen-bond donors (Lipinski definition) is 1. The van der Waals surface area contributed by atoms with Crippen molar-refractivity contribution in [3.8, 4) is 17.5 Å². The first-order valence-electron chi connectivity index (χ1n) is 8.82. The van der Waals surface area contributed by atoms with Gasteiger partial charge in [-0.2, -0.15) is 5.26 Å². The zero-order valence-corrected chi connectivity index (χ0v) is 16.4. The maximum absolute atomic E-state index is 9.64. The SMILES string of the molecule is Cc1cc(Sc2nnc(-c3ccoc3C)n2N)n2c(nc3ccccc32)c1C#N. The van der Waals surface area contributed by atoms with Crippen molar-refractivity contribution < 1.29 is 4.42 Å². The molecular weight excluding hydrogens is 386 g/mol. The molecule has 5 rings (SSSR count). The number of para-hydroxylation sites is 2. The molecule has 0 radical (unpaired) electrons. The third-order valence-corrected chi connectivity index (χ3v) is 5.78. The monoisotopic (exact) mass is 401 g/mol. The highest BCUT2D eigenvalue weighted by atomic mass is 32.2. The molecule has 9 heteroatoms. The van der Waals surface area contributed by atoms with Gasteiger partial charge in [0, 0.05) is 0 Å². The molecule has 4 heterocycles. The van der Waals surface area contributed by atoms with Gasteiger partial charge in [0.25, 0.3) is 0 Å². The first kappa shape index (κ1) is 17.3. The molecule has 2 N–H and O–H groups in total. The van der Waals surface area contributed by atoms with Crippen LogP contribution in [0.15, 0.2) is 57.3 Å². The molecule has 0 saturated heterocycles. The fraction of sp³-hybridized carbons (Fsp3) is 0.100. The molecule has 0 aliphatic heterocycles. The normalized spacial score (nSPS) is 11.3. The van der Waals surface area contributed by atoms with E-state index in [1.165, 1.54) is 16.4 Å². The summed E-state index contributed by atoms with van der Waals surface area (Å²) < 4.78 is 8.76. The van der Waals surface area contributed by atoms with E-state index >= 15 is 0 Å². The third kappa shape index (κ3) is 2.57. The highest BCUT2D eigenvalue weighted by molar-refractivity contribution is 7.99. The maximum Gasteiger partial charge on any atom is 0.216 e. The van der Waals surface area contributed by atoms with Crippen LogP contribution in [0.2, 0.25) is 0 Å². The van der Waals surface area contributed by atoms with Crippen LogP contribution in [0, 0.1) is 25.2 Å². The molecule has 0 saturated carbocycles. The van der Waals surface area contributed by atoms with E-state index < -0.39 is 0 Å². The number of aromatic nitrogens is 5. The summed E-state index contributed by atoms with van der Waals surface area (Å²) in [7, 11) is 0. The van der Waals surface area contributed by atoms with Gasteiger partial charge in [-0.05, 0) is 55.4 Å². The average Bonchev–Trinajstić information content (AvgIpc) is 3.39. The fourth-order valence-electron chi connectivity index (χ4n) is 3.37. The Morgan fingerprint density at radius 2 is 2.00 bits per heavy atom. The molecule has 29 heavy (non-hydrogen) atoms. The number of aryl methyl sites for hydroxylation is 2. The Labute approximate surface area is 169 Å². The lowest BCUT2D eigenvalue weighted by molar-refractivity contribution is 0.535. The molecule has 1 aromatic carbocycles. The molecule has 8 nitrogen and oxygen atoms in total. The van der Waals surface area contributed by atoms with E-state index in [4.69, 9.17) is 10.3 Å². The summed E-state index contributed by atoms with van der Waals surface area (Å²) >= 11 is 1.37. The van der Waals surface area contributed by atoms with Crippen molar-refractivity contribution in [2.45, 2.75) is 24.0 Å². The predicted octanol–water partition coefficient (Wildman–Crippen LogP) is 3.69. The second kappa shape index (κ2) is 6.39. The number of pyridine rings is 1. The van der Waals surface area contributed by atoms with Crippen LogP contribution < -0.4 is 5.84 Å². The van der Waals surface area contributed by atoms with Gasteiger partial charge in [0.15, 0.2) is 11.5 Å². The van der Waals surface area contributed by atoms with Crippen LogP contribution in [0.3, 0.4) is 0 Å². The van der Waals surface area contributed by atoms with Crippen molar-refractivity contribution in [3.63, 3.8) is 0 Å². The number of hydrogen-bond acceptors (Lipinski definition) is 7. The Morgan fingerprint density at radius 1 is 1.17 bits per heavy atom. The first-order valence-corrected chi connectivity index (χ1v) is 9.64. The van der Waals surface area contributed by atoms with Gasteiger partial charge in [-0.25, -0.2) is 9.66 Å². The van der Waals surface area contributed by atoms with Crippen molar-refractivity contribution in [2.24, 2.45) is 0 Å². The molecule has 0 spiro atoms. The summed E-state index contributed by atoms with van der Waals surface area (Å²) in [4.78, 5) is 4.67. The van der Waals surface area contributed by atoms with Crippen LogP contribution in [-0.2, 0) is 0 Å². The fourth-order valence-corrected chi connectivity index (χ4v) is 4.33. The second-order valence-corrected chi connectivity index (χ2v) is 7.57. The number of fused-ring (bicyclic) bond motifs is 3. The molecule has 4 aromatic heterocycles. The summed E-state index contributed by atoms with van der Waals surface area (Å²) in [5.41, 5.74) is 4.53. The summed E-state index contributed by atoms with van der Waals surface area (Å²) in [6.45, 7) is 3.75. The molecule has 0 unspecified atom stereocenters. The largest absolute Gasteiger partial charge is 0.469 e. The Morgan fingerprint density at radius 3 is 2.76 bits per heavy atom. The molecule has 142 valence electrons. The number of nitrogen functional groups attached to an aromatic ring is 1. The number of nitriles is 1. The Bertz CT molecular complexity index is 1440. The van der Waals surface area contributed by atoms with Crippen LogP contribution in [0.4, 0.5) is 0 Å². The minimum Gasteiger partial charge on any atom is -0.469 e. The Hall–Kier alpha value is -3.77. The van der Waals surface area contributed by atoms with Gasteiger partial charge >= 0.3 is 0 Å². The van der Waals surface area contributed by atoms with E-state index in [-0.39, 0.29) is 0 Å². The van der Waals surface area contributed by atoms with Gasteiger partial charge in [-0.15, -0.1) is 10.2 Å². The standard InChI is InChI=1S/C20H15N7OS/c1-11-9-17(26-16-6-4-3-5-15(16)23-18(26)14(11)10-21)29-20-25-24-19(27(20)22)13-7-8-28-12(13)2/h3-9H,22H2,1-2H3. The van der Waals surface area contributed by atoms with Crippen LogP contribution in [-0.4, -0.2) is 24.3 Å². The lowest BCUT2D eigenvalue weighted by Gasteiger charge is -2.09. The molecule has 0 bridgehead atoms. The molecule has 0 atom stereocenters. The summed E-state index contributed by atoms with van der Waals surface area (Å²) in [6.07, 6.45) is 1.59. The molecule has 5 aromatic rings. The van der Waals surface area contributed by atoms with Crippen LogP contribution >= 0.6 is 11.8 Å². The highest BCUT2D eigenvalue weighted by Gasteiger charge is 2.20. The maximum atomic E-state index is 9.64. The summed E-state index contributed by atoms with van der Waals surface area (Å²) in [6, 6.07) is 13.8.